The molecule has 0 aromatic heterocycles. The molecule has 0 atom stereocenters. The molecule has 0 unspecified atom stereocenters. The molecule has 0 spiro atoms. The first-order chi connectivity index (χ1) is 6.33. The molecule has 0 nitrogen and oxygen atoms in total. The monoisotopic (exact) mass is 258 g/mol. The van der Waals surface area contributed by atoms with Gasteiger partial charge in [0.1, 0.15) is 0 Å². The van der Waals surface area contributed by atoms with E-state index in [4.69, 9.17) is 0 Å². The first-order valence-electron chi connectivity index (χ1n) is 4.71. The summed E-state index contributed by atoms with van der Waals surface area (Å²) in [7, 11) is 0. The molecule has 0 aliphatic carbocycles. The summed E-state index contributed by atoms with van der Waals surface area (Å²) in [4.78, 5) is 1.37. The quantitative estimate of drug-likeness (QED) is 0.544. The molecule has 0 saturated carbocycles. The smallest absolute Gasteiger partial charge is 0.0186 e. The third-order valence-electron chi connectivity index (χ3n) is 1.81. The fourth-order valence-corrected chi connectivity index (χ4v) is 2.62. The van der Waals surface area contributed by atoms with Gasteiger partial charge in [0.2, 0.25) is 0 Å². The van der Waals surface area contributed by atoms with Crippen molar-refractivity contribution in [2.24, 2.45) is 0 Å². The van der Waals surface area contributed by atoms with Crippen LogP contribution in [0, 0.1) is 0 Å². The van der Waals surface area contributed by atoms with Crippen LogP contribution in [-0.4, -0.2) is 5.75 Å². The van der Waals surface area contributed by atoms with E-state index in [9.17, 15) is 0 Å². The van der Waals surface area contributed by atoms with Gasteiger partial charge in [-0.3, -0.25) is 0 Å². The maximum Gasteiger partial charge on any atom is 0.0186 e. The molecular weight excluding hydrogens is 244 g/mol. The van der Waals surface area contributed by atoms with Crippen LogP contribution < -0.4 is 0 Å². The first-order valence-corrected chi connectivity index (χ1v) is 6.49. The second kappa shape index (κ2) is 6.50. The summed E-state index contributed by atoms with van der Waals surface area (Å²) in [5.41, 5.74) is 0. The van der Waals surface area contributed by atoms with Crippen molar-refractivity contribution in [3.05, 3.63) is 28.7 Å². The molecule has 0 aliphatic heterocycles. The van der Waals surface area contributed by atoms with Gasteiger partial charge in [0.05, 0.1) is 0 Å². The van der Waals surface area contributed by atoms with E-state index in [0.29, 0.717) is 0 Å². The number of hydrogen-bond acceptors (Lipinski definition) is 1. The van der Waals surface area contributed by atoms with E-state index in [1.54, 1.807) is 0 Å². The Hall–Kier alpha value is 0.0500. The predicted octanol–water partition coefficient (Wildman–Crippen LogP) is 4.73. The highest BCUT2D eigenvalue weighted by molar-refractivity contribution is 9.10. The van der Waals surface area contributed by atoms with Crippen LogP contribution in [0.25, 0.3) is 0 Å². The topological polar surface area (TPSA) is 0 Å². The van der Waals surface area contributed by atoms with Crippen LogP contribution in [0.5, 0.6) is 0 Å². The van der Waals surface area contributed by atoms with Gasteiger partial charge in [0.15, 0.2) is 0 Å². The van der Waals surface area contributed by atoms with E-state index in [0.717, 1.165) is 0 Å². The van der Waals surface area contributed by atoms with Crippen molar-refractivity contribution in [1.82, 2.24) is 0 Å². The molecular formula is C11H15BrS. The van der Waals surface area contributed by atoms with E-state index in [-0.39, 0.29) is 0 Å². The number of unbranched alkanes of at least 4 members (excludes halogenated alkanes) is 2. The normalized spacial score (nSPS) is 10.3. The van der Waals surface area contributed by atoms with Crippen molar-refractivity contribution in [1.29, 1.82) is 0 Å². The second-order valence-corrected chi connectivity index (χ2v) is 5.10. The lowest BCUT2D eigenvalue weighted by Gasteiger charge is -2.00. The summed E-state index contributed by atoms with van der Waals surface area (Å²) in [6, 6.07) is 8.50. The van der Waals surface area contributed by atoms with Crippen LogP contribution in [0.15, 0.2) is 33.6 Å². The third kappa shape index (κ3) is 4.72. The van der Waals surface area contributed by atoms with Gasteiger partial charge < -0.3 is 0 Å². The van der Waals surface area contributed by atoms with Gasteiger partial charge in [-0.05, 0) is 30.4 Å². The maximum atomic E-state index is 3.47. The molecule has 2 heteroatoms. The summed E-state index contributed by atoms with van der Waals surface area (Å²) in [5, 5.41) is 0. The van der Waals surface area contributed by atoms with Gasteiger partial charge in [-0.15, -0.1) is 11.8 Å². The largest absolute Gasteiger partial charge is 0.126 e. The number of hydrogen-bond donors (Lipinski definition) is 0. The summed E-state index contributed by atoms with van der Waals surface area (Å²) in [6.45, 7) is 2.24. The molecule has 0 saturated heterocycles. The van der Waals surface area contributed by atoms with E-state index in [2.05, 4.69) is 47.1 Å². The molecule has 1 aromatic rings. The van der Waals surface area contributed by atoms with Gasteiger partial charge in [-0.25, -0.2) is 0 Å². The Morgan fingerprint density at radius 3 is 2.85 bits per heavy atom. The lowest BCUT2D eigenvalue weighted by molar-refractivity contribution is 0.778. The Morgan fingerprint density at radius 1 is 1.31 bits per heavy atom. The minimum absolute atomic E-state index is 1.17. The highest BCUT2D eigenvalue weighted by Crippen LogP contribution is 2.22. The van der Waals surface area contributed by atoms with Crippen LogP contribution >= 0.6 is 27.7 Å². The zero-order chi connectivity index (χ0) is 9.52. The summed E-state index contributed by atoms with van der Waals surface area (Å²) in [5.74, 6) is 1.24. The Bertz CT molecular complexity index is 248. The first kappa shape index (κ1) is 11.1. The molecule has 13 heavy (non-hydrogen) atoms. The van der Waals surface area contributed by atoms with Crippen LogP contribution in [-0.2, 0) is 0 Å². The van der Waals surface area contributed by atoms with E-state index in [1.165, 1.54) is 34.4 Å². The van der Waals surface area contributed by atoms with Gasteiger partial charge >= 0.3 is 0 Å². The molecule has 0 amide bonds. The number of rotatable bonds is 5. The summed E-state index contributed by atoms with van der Waals surface area (Å²) < 4.78 is 1.17. The molecule has 0 heterocycles. The molecule has 0 bridgehead atoms. The lowest BCUT2D eigenvalue weighted by atomic mass is 10.3. The minimum atomic E-state index is 1.17. The van der Waals surface area contributed by atoms with Gasteiger partial charge in [0.25, 0.3) is 0 Å². The van der Waals surface area contributed by atoms with Crippen molar-refractivity contribution in [3.63, 3.8) is 0 Å². The van der Waals surface area contributed by atoms with Crippen LogP contribution in [0.4, 0.5) is 0 Å². The zero-order valence-corrected chi connectivity index (χ0v) is 10.3. The SMILES string of the molecule is CCCCCSc1cccc(Br)c1. The van der Waals surface area contributed by atoms with Crippen LogP contribution in [0.2, 0.25) is 0 Å². The average Bonchev–Trinajstić information content (AvgIpc) is 2.13. The molecule has 0 aliphatic rings. The van der Waals surface area contributed by atoms with Gasteiger partial charge in [-0.1, -0.05) is 41.8 Å². The lowest BCUT2D eigenvalue weighted by Crippen LogP contribution is -1.79. The number of benzene rings is 1. The average molecular weight is 259 g/mol. The van der Waals surface area contributed by atoms with E-state index in [1.807, 2.05) is 11.8 Å². The van der Waals surface area contributed by atoms with Crippen molar-refractivity contribution >= 4 is 27.7 Å². The second-order valence-electron chi connectivity index (χ2n) is 3.01. The fourth-order valence-electron chi connectivity index (χ4n) is 1.10. The van der Waals surface area contributed by atoms with E-state index >= 15 is 0 Å². The summed E-state index contributed by atoms with van der Waals surface area (Å²) >= 11 is 5.42. The molecule has 1 aromatic carbocycles. The maximum absolute atomic E-state index is 3.47. The number of thioether (sulfide) groups is 1. The van der Waals surface area contributed by atoms with Crippen molar-refractivity contribution in [2.45, 2.75) is 31.1 Å². The third-order valence-corrected chi connectivity index (χ3v) is 3.39. The molecule has 0 N–H and O–H groups in total. The fraction of sp³-hybridized carbons (Fsp3) is 0.455. The van der Waals surface area contributed by atoms with E-state index < -0.39 is 0 Å². The summed E-state index contributed by atoms with van der Waals surface area (Å²) in [6.07, 6.45) is 3.98. The Kier molecular flexibility index (Phi) is 5.56. The Morgan fingerprint density at radius 2 is 2.15 bits per heavy atom. The zero-order valence-electron chi connectivity index (χ0n) is 7.92. The highest BCUT2D eigenvalue weighted by Gasteiger charge is 1.94. The van der Waals surface area contributed by atoms with Gasteiger partial charge in [-0.2, -0.15) is 0 Å². The van der Waals surface area contributed by atoms with Crippen LogP contribution in [0.1, 0.15) is 26.2 Å². The van der Waals surface area contributed by atoms with Gasteiger partial charge in [0, 0.05) is 9.37 Å². The van der Waals surface area contributed by atoms with Crippen molar-refractivity contribution in [2.75, 3.05) is 5.75 Å². The van der Waals surface area contributed by atoms with Crippen LogP contribution in [0.3, 0.4) is 0 Å². The van der Waals surface area contributed by atoms with Crippen molar-refractivity contribution in [3.8, 4) is 0 Å². The standard InChI is InChI=1S/C11H15BrS/c1-2-3-4-8-13-11-7-5-6-10(12)9-11/h5-7,9H,2-4,8H2,1H3. The minimum Gasteiger partial charge on any atom is -0.126 e. The molecule has 1 rings (SSSR count). The molecule has 72 valence electrons. The molecule has 0 radical (unpaired) electrons. The number of halogens is 1. The predicted molar refractivity (Wildman–Crippen MR) is 64.4 cm³/mol. The Balaban J connectivity index is 2.28. The highest BCUT2D eigenvalue weighted by atomic mass is 79.9. The Labute approximate surface area is 93.2 Å². The van der Waals surface area contributed by atoms with Crippen molar-refractivity contribution < 1.29 is 0 Å². The molecule has 0 fully saturated rings.